The summed E-state index contributed by atoms with van der Waals surface area (Å²) in [5.74, 6) is -2.36. The van der Waals surface area contributed by atoms with Gasteiger partial charge in [0.2, 0.25) is 11.8 Å². The van der Waals surface area contributed by atoms with Crippen molar-refractivity contribution in [2.45, 2.75) is 22.8 Å². The second-order valence-electron chi connectivity index (χ2n) is 9.10. The number of fused-ring (bicyclic) bond motifs is 2. The number of carbonyl (C=O) groups is 2. The first-order chi connectivity index (χ1) is 19.2. The number of imide groups is 1. The first-order valence-electron chi connectivity index (χ1n) is 11.9. The minimum atomic E-state index is -0.926. The Labute approximate surface area is 248 Å². The third kappa shape index (κ3) is 4.64. The lowest BCUT2D eigenvalue weighted by Gasteiger charge is -2.30. The number of anilines is 1. The van der Waals surface area contributed by atoms with Crippen molar-refractivity contribution in [3.8, 4) is 5.75 Å². The summed E-state index contributed by atoms with van der Waals surface area (Å²) in [4.78, 5) is 55.5. The second-order valence-corrected chi connectivity index (χ2v) is 12.6. The van der Waals surface area contributed by atoms with Gasteiger partial charge in [0.15, 0.2) is 0 Å². The summed E-state index contributed by atoms with van der Waals surface area (Å²) in [6.45, 7) is 0.0637. The van der Waals surface area contributed by atoms with Crippen LogP contribution in [0.5, 0.6) is 5.75 Å². The Kier molecular flexibility index (Phi) is 7.03. The van der Waals surface area contributed by atoms with E-state index >= 15 is 0 Å². The van der Waals surface area contributed by atoms with Crippen LogP contribution in [0, 0.1) is 16.0 Å². The molecule has 202 valence electrons. The molecule has 3 heterocycles. The van der Waals surface area contributed by atoms with Gasteiger partial charge in [-0.15, -0.1) is 0 Å². The van der Waals surface area contributed by atoms with Crippen molar-refractivity contribution in [3.05, 3.63) is 112 Å². The molecule has 1 saturated heterocycles. The number of aromatic amines is 1. The van der Waals surface area contributed by atoms with Gasteiger partial charge in [-0.3, -0.25) is 24.5 Å². The van der Waals surface area contributed by atoms with E-state index in [2.05, 4.69) is 20.9 Å². The van der Waals surface area contributed by atoms with Crippen molar-refractivity contribution in [3.63, 3.8) is 0 Å². The predicted octanol–water partition coefficient (Wildman–Crippen LogP) is 6.14. The van der Waals surface area contributed by atoms with Crippen LogP contribution in [-0.2, 0) is 16.2 Å². The van der Waals surface area contributed by atoms with E-state index in [0.717, 1.165) is 32.5 Å². The molecule has 0 aliphatic carbocycles. The highest BCUT2D eigenvalue weighted by Crippen LogP contribution is 2.55. The fraction of sp³-hybridized carbons (Fsp3) is 0.148. The second kappa shape index (κ2) is 10.5. The van der Waals surface area contributed by atoms with E-state index in [1.165, 1.54) is 18.2 Å². The molecule has 1 fully saturated rings. The number of nitro groups is 1. The third-order valence-corrected chi connectivity index (χ3v) is 10.1. The fourth-order valence-electron chi connectivity index (χ4n) is 4.99. The zero-order valence-corrected chi connectivity index (χ0v) is 24.2. The van der Waals surface area contributed by atoms with Crippen molar-refractivity contribution < 1.29 is 19.2 Å². The van der Waals surface area contributed by atoms with E-state index < -0.39 is 33.8 Å². The van der Waals surface area contributed by atoms with Gasteiger partial charge in [-0.05, 0) is 36.4 Å². The summed E-state index contributed by atoms with van der Waals surface area (Å²) in [5, 5.41) is 11.9. The molecule has 2 aliphatic heterocycles. The Bertz CT molecular complexity index is 1740. The van der Waals surface area contributed by atoms with Gasteiger partial charge in [-0.2, -0.15) is 0 Å². The summed E-state index contributed by atoms with van der Waals surface area (Å²) in [5.41, 5.74) is 1.25. The first kappa shape index (κ1) is 26.8. The number of non-ortho nitro benzene ring substituents is 1. The Balaban J connectivity index is 1.48. The number of halogens is 2. The zero-order chi connectivity index (χ0) is 28.1. The molecule has 1 aromatic heterocycles. The minimum absolute atomic E-state index is 0.0637. The standard InChI is InChI=1S/C27H17BrClN3O6S2/c28-14-5-7-15(8-6-14)31-25(33)21-20(22-24(30-27(35)40-22)39-23(21)26(31)34)17-11-16(32(36)37)9-10-19(17)38-12-13-3-1-2-4-18(13)29/h1-11,20-21,23H,12H2,(H,30,35)/t20-,21-,23-/m1/s1. The SMILES string of the molecule is O=C1[C@@H]2[C@@H](c3cc([N+](=O)[O-])ccc3OCc3ccccc3Cl)c3sc(=O)[nH]c3S[C@H]2C(=O)N1c1ccc(Br)cc1. The van der Waals surface area contributed by atoms with Crippen LogP contribution in [0.1, 0.15) is 21.9 Å². The number of benzene rings is 3. The molecule has 2 amide bonds. The number of nitro benzene ring substituents is 1. The molecule has 3 aromatic carbocycles. The lowest BCUT2D eigenvalue weighted by molar-refractivity contribution is -0.385. The lowest BCUT2D eigenvalue weighted by atomic mass is 9.82. The van der Waals surface area contributed by atoms with Crippen LogP contribution in [0.2, 0.25) is 5.02 Å². The van der Waals surface area contributed by atoms with Crippen molar-refractivity contribution in [2.24, 2.45) is 5.92 Å². The van der Waals surface area contributed by atoms with Gasteiger partial charge in [0, 0.05) is 43.6 Å². The molecule has 0 unspecified atom stereocenters. The predicted molar refractivity (Wildman–Crippen MR) is 155 cm³/mol. The Hall–Kier alpha value is -3.45. The van der Waals surface area contributed by atoms with Crippen LogP contribution in [0.15, 0.2) is 81.0 Å². The van der Waals surface area contributed by atoms with Crippen LogP contribution in [0.25, 0.3) is 0 Å². The van der Waals surface area contributed by atoms with Crippen molar-refractivity contribution in [1.29, 1.82) is 0 Å². The number of carbonyl (C=O) groups excluding carboxylic acids is 2. The number of rotatable bonds is 6. The third-order valence-electron chi connectivity index (χ3n) is 6.79. The van der Waals surface area contributed by atoms with Gasteiger partial charge in [0.05, 0.1) is 21.6 Å². The smallest absolute Gasteiger partial charge is 0.305 e. The molecule has 4 aromatic rings. The average molecular weight is 659 g/mol. The van der Waals surface area contributed by atoms with E-state index in [9.17, 15) is 24.5 Å². The van der Waals surface area contributed by atoms with Crippen molar-refractivity contribution >= 4 is 73.8 Å². The molecule has 2 aliphatic rings. The number of thiazole rings is 1. The Morgan fingerprint density at radius 3 is 2.52 bits per heavy atom. The highest BCUT2D eigenvalue weighted by Gasteiger charge is 2.57. The van der Waals surface area contributed by atoms with E-state index in [4.69, 9.17) is 16.3 Å². The van der Waals surface area contributed by atoms with Crippen molar-refractivity contribution in [2.75, 3.05) is 4.90 Å². The average Bonchev–Trinajstić information content (AvgIpc) is 3.43. The van der Waals surface area contributed by atoms with Crippen LogP contribution in [-0.4, -0.2) is 27.0 Å². The maximum Gasteiger partial charge on any atom is 0.305 e. The van der Waals surface area contributed by atoms with Crippen LogP contribution in [0.4, 0.5) is 11.4 Å². The molecule has 40 heavy (non-hydrogen) atoms. The number of aromatic nitrogens is 1. The number of hydrogen-bond donors (Lipinski definition) is 1. The van der Waals surface area contributed by atoms with Gasteiger partial charge < -0.3 is 9.72 Å². The summed E-state index contributed by atoms with van der Waals surface area (Å²) < 4.78 is 6.93. The molecular formula is C27H17BrClN3O6S2. The molecule has 9 nitrogen and oxygen atoms in total. The molecule has 3 atom stereocenters. The van der Waals surface area contributed by atoms with E-state index in [1.54, 1.807) is 42.5 Å². The Morgan fingerprint density at radius 2 is 1.80 bits per heavy atom. The van der Waals surface area contributed by atoms with Gasteiger partial charge in [0.1, 0.15) is 17.6 Å². The summed E-state index contributed by atoms with van der Waals surface area (Å²) in [6.07, 6.45) is 0. The van der Waals surface area contributed by atoms with Crippen LogP contribution < -0.4 is 14.5 Å². The normalized spacial score (nSPS) is 19.9. The Morgan fingerprint density at radius 1 is 1.05 bits per heavy atom. The lowest BCUT2D eigenvalue weighted by Crippen LogP contribution is -2.32. The van der Waals surface area contributed by atoms with E-state index in [-0.39, 0.29) is 22.9 Å². The van der Waals surface area contributed by atoms with Crippen LogP contribution >= 0.6 is 50.6 Å². The molecule has 6 rings (SSSR count). The minimum Gasteiger partial charge on any atom is -0.489 e. The van der Waals surface area contributed by atoms with Crippen LogP contribution in [0.3, 0.4) is 0 Å². The number of thioether (sulfide) groups is 1. The summed E-state index contributed by atoms with van der Waals surface area (Å²) in [7, 11) is 0. The van der Waals surface area contributed by atoms with E-state index in [1.807, 2.05) is 6.07 Å². The quantitative estimate of drug-likeness (QED) is 0.150. The van der Waals surface area contributed by atoms with Gasteiger partial charge >= 0.3 is 4.87 Å². The van der Waals surface area contributed by atoms with Gasteiger partial charge in [-0.25, -0.2) is 4.90 Å². The fourth-order valence-corrected chi connectivity index (χ4v) is 7.95. The largest absolute Gasteiger partial charge is 0.489 e. The highest BCUT2D eigenvalue weighted by molar-refractivity contribution is 9.10. The maximum atomic E-state index is 14.0. The van der Waals surface area contributed by atoms with Gasteiger partial charge in [0.25, 0.3) is 5.69 Å². The molecule has 0 spiro atoms. The van der Waals surface area contributed by atoms with Gasteiger partial charge in [-0.1, -0.05) is 68.8 Å². The summed E-state index contributed by atoms with van der Waals surface area (Å²) >= 11 is 11.7. The number of amides is 2. The summed E-state index contributed by atoms with van der Waals surface area (Å²) in [6, 6.07) is 18.1. The molecule has 13 heteroatoms. The van der Waals surface area contributed by atoms with Crippen molar-refractivity contribution in [1.82, 2.24) is 4.98 Å². The molecule has 0 radical (unpaired) electrons. The number of nitrogens with one attached hydrogen (secondary N) is 1. The molecule has 0 bridgehead atoms. The molecular weight excluding hydrogens is 642 g/mol. The maximum absolute atomic E-state index is 14.0. The first-order valence-corrected chi connectivity index (χ1v) is 14.8. The molecule has 1 N–H and O–H groups in total. The zero-order valence-electron chi connectivity index (χ0n) is 20.2. The molecule has 0 saturated carbocycles. The highest BCUT2D eigenvalue weighted by atomic mass is 79.9. The number of hydrogen-bond acceptors (Lipinski definition) is 8. The number of nitrogens with zero attached hydrogens (tertiary/aromatic N) is 2. The number of H-pyrrole nitrogens is 1. The monoisotopic (exact) mass is 657 g/mol. The van der Waals surface area contributed by atoms with E-state index in [0.29, 0.717) is 31.7 Å². The number of ether oxygens (including phenoxy) is 1. The topological polar surface area (TPSA) is 123 Å².